The molecule has 1 atom stereocenters. The van der Waals surface area contributed by atoms with Gasteiger partial charge in [0, 0.05) is 30.1 Å². The number of halogens is 1. The average molecular weight is 384 g/mol. The Bertz CT molecular complexity index is 1160. The maximum atomic E-state index is 13.6. The van der Waals surface area contributed by atoms with Crippen LogP contribution in [0.2, 0.25) is 0 Å². The highest BCUT2D eigenvalue weighted by molar-refractivity contribution is 6.00. The van der Waals surface area contributed by atoms with Gasteiger partial charge >= 0.3 is 0 Å². The minimum Gasteiger partial charge on any atom is -0.322 e. The van der Waals surface area contributed by atoms with Crippen molar-refractivity contribution in [2.24, 2.45) is 0 Å². The molecule has 29 heavy (non-hydrogen) atoms. The van der Waals surface area contributed by atoms with E-state index in [2.05, 4.69) is 15.2 Å². The van der Waals surface area contributed by atoms with Crippen molar-refractivity contribution in [1.82, 2.24) is 20.1 Å². The number of hydrogen-bond donors (Lipinski definition) is 1. The quantitative estimate of drug-likeness (QED) is 0.569. The molecule has 3 heterocycles. The van der Waals surface area contributed by atoms with E-state index in [1.165, 1.54) is 12.1 Å². The van der Waals surface area contributed by atoms with Gasteiger partial charge in [-0.15, -0.1) is 0 Å². The van der Waals surface area contributed by atoms with Crippen LogP contribution in [0.25, 0.3) is 11.3 Å². The van der Waals surface area contributed by atoms with Crippen LogP contribution in [0, 0.1) is 5.82 Å². The molecule has 1 aliphatic heterocycles. The number of carbonyl (C=O) groups excluding carboxylic acids is 1. The molecule has 2 aromatic carbocycles. The molecule has 0 saturated heterocycles. The Morgan fingerprint density at radius 3 is 2.52 bits per heavy atom. The normalized spacial score (nSPS) is 15.6. The molecule has 5 nitrogen and oxygen atoms in total. The highest BCUT2D eigenvalue weighted by atomic mass is 19.1. The summed E-state index contributed by atoms with van der Waals surface area (Å²) >= 11 is 0. The fraction of sp³-hybridized carbons (Fsp3) is 0.0870. The van der Waals surface area contributed by atoms with Gasteiger partial charge in [0.15, 0.2) is 0 Å². The Morgan fingerprint density at radius 2 is 1.79 bits per heavy atom. The second kappa shape index (κ2) is 6.98. The van der Waals surface area contributed by atoms with E-state index in [1.54, 1.807) is 29.4 Å². The minimum absolute atomic E-state index is 0.132. The molecule has 0 spiro atoms. The fourth-order valence-electron chi connectivity index (χ4n) is 3.86. The van der Waals surface area contributed by atoms with Crippen molar-refractivity contribution in [3.8, 4) is 11.3 Å². The highest BCUT2D eigenvalue weighted by Gasteiger charge is 2.42. The van der Waals surface area contributed by atoms with Crippen LogP contribution in [0.15, 0.2) is 79.1 Å². The zero-order valence-corrected chi connectivity index (χ0v) is 15.4. The zero-order chi connectivity index (χ0) is 19.8. The summed E-state index contributed by atoms with van der Waals surface area (Å²) in [5.74, 6) is -0.444. The maximum Gasteiger partial charge on any atom is 0.273 e. The number of nitrogens with one attached hydrogen (secondary N) is 1. The van der Waals surface area contributed by atoms with Gasteiger partial charge in [0.2, 0.25) is 0 Å². The lowest BCUT2D eigenvalue weighted by Crippen LogP contribution is -2.29. The second-order valence-electron chi connectivity index (χ2n) is 6.98. The van der Waals surface area contributed by atoms with E-state index in [0.29, 0.717) is 12.2 Å². The number of carbonyl (C=O) groups is 1. The van der Waals surface area contributed by atoms with E-state index in [4.69, 9.17) is 0 Å². The SMILES string of the molecule is O=C1c2[nH]nc(-c3ccccc3)c2C(c2ccc(F)cc2)N1Cc1cccnc1. The van der Waals surface area contributed by atoms with E-state index < -0.39 is 0 Å². The van der Waals surface area contributed by atoms with Gasteiger partial charge in [-0.25, -0.2) is 4.39 Å². The number of nitrogens with zero attached hydrogens (tertiary/aromatic N) is 3. The highest BCUT2D eigenvalue weighted by Crippen LogP contribution is 2.43. The first-order chi connectivity index (χ1) is 14.2. The molecule has 1 N–H and O–H groups in total. The van der Waals surface area contributed by atoms with Crippen LogP contribution in [0.1, 0.15) is 33.2 Å². The van der Waals surface area contributed by atoms with Gasteiger partial charge < -0.3 is 4.90 Å². The molecule has 4 aromatic rings. The molecule has 1 unspecified atom stereocenters. The zero-order valence-electron chi connectivity index (χ0n) is 15.4. The second-order valence-corrected chi connectivity index (χ2v) is 6.98. The number of aromatic nitrogens is 3. The van der Waals surface area contributed by atoms with Crippen molar-refractivity contribution >= 4 is 5.91 Å². The van der Waals surface area contributed by atoms with Crippen LogP contribution < -0.4 is 0 Å². The van der Waals surface area contributed by atoms with Crippen molar-refractivity contribution in [1.29, 1.82) is 0 Å². The number of hydrogen-bond acceptors (Lipinski definition) is 3. The van der Waals surface area contributed by atoms with Crippen molar-refractivity contribution in [2.75, 3.05) is 0 Å². The number of fused-ring (bicyclic) bond motifs is 1. The largest absolute Gasteiger partial charge is 0.322 e. The first-order valence-corrected chi connectivity index (χ1v) is 9.31. The van der Waals surface area contributed by atoms with E-state index in [1.807, 2.05) is 42.5 Å². The number of amides is 1. The Morgan fingerprint density at radius 1 is 1.00 bits per heavy atom. The van der Waals surface area contributed by atoms with Crippen LogP contribution in [0.4, 0.5) is 4.39 Å². The van der Waals surface area contributed by atoms with E-state index in [0.717, 1.165) is 27.9 Å². The molecule has 0 radical (unpaired) electrons. The maximum absolute atomic E-state index is 13.6. The Labute approximate surface area is 166 Å². The molecule has 0 saturated carbocycles. The Hall–Kier alpha value is -3.80. The summed E-state index contributed by atoms with van der Waals surface area (Å²) in [6.45, 7) is 0.394. The van der Waals surface area contributed by atoms with Crippen LogP contribution in [0.3, 0.4) is 0 Å². The van der Waals surface area contributed by atoms with Crippen molar-refractivity contribution in [3.63, 3.8) is 0 Å². The van der Waals surface area contributed by atoms with Crippen LogP contribution in [-0.2, 0) is 6.54 Å². The van der Waals surface area contributed by atoms with Gasteiger partial charge in [0.05, 0.1) is 11.7 Å². The van der Waals surface area contributed by atoms with Gasteiger partial charge in [0.1, 0.15) is 11.5 Å². The first-order valence-electron chi connectivity index (χ1n) is 9.31. The van der Waals surface area contributed by atoms with Crippen LogP contribution in [0.5, 0.6) is 0 Å². The van der Waals surface area contributed by atoms with Gasteiger partial charge in [-0.1, -0.05) is 48.5 Å². The van der Waals surface area contributed by atoms with Gasteiger partial charge in [-0.3, -0.25) is 14.9 Å². The standard InChI is InChI=1S/C23H17FN4O/c24-18-10-8-17(9-11-18)22-19-20(16-6-2-1-3-7-16)26-27-21(19)23(29)28(22)14-15-5-4-12-25-13-15/h1-13,22H,14H2,(H,26,27). The molecule has 0 bridgehead atoms. The first kappa shape index (κ1) is 17.3. The molecule has 6 heteroatoms. The average Bonchev–Trinajstić information content (AvgIpc) is 3.30. The smallest absolute Gasteiger partial charge is 0.273 e. The summed E-state index contributed by atoms with van der Waals surface area (Å²) in [7, 11) is 0. The monoisotopic (exact) mass is 384 g/mol. The lowest BCUT2D eigenvalue weighted by Gasteiger charge is -2.26. The molecule has 0 aliphatic carbocycles. The molecule has 1 amide bonds. The third-order valence-corrected chi connectivity index (χ3v) is 5.17. The molecule has 1 aliphatic rings. The van der Waals surface area contributed by atoms with Crippen LogP contribution in [-0.4, -0.2) is 26.0 Å². The van der Waals surface area contributed by atoms with Gasteiger partial charge in [-0.2, -0.15) is 5.10 Å². The van der Waals surface area contributed by atoms with Gasteiger partial charge in [-0.05, 0) is 29.3 Å². The lowest BCUT2D eigenvalue weighted by molar-refractivity contribution is 0.0730. The number of aromatic amines is 1. The minimum atomic E-state index is -0.368. The Balaban J connectivity index is 1.65. The number of H-pyrrole nitrogens is 1. The molecule has 0 fully saturated rings. The predicted octanol–water partition coefficient (Wildman–Crippen LogP) is 4.36. The molecule has 142 valence electrons. The van der Waals surface area contributed by atoms with E-state index >= 15 is 0 Å². The third kappa shape index (κ3) is 2.99. The van der Waals surface area contributed by atoms with Crippen molar-refractivity contribution in [3.05, 3.63) is 107 Å². The van der Waals surface area contributed by atoms with Crippen molar-refractivity contribution < 1.29 is 9.18 Å². The number of pyridine rings is 1. The summed E-state index contributed by atoms with van der Waals surface area (Å²) in [4.78, 5) is 19.2. The molecule has 2 aromatic heterocycles. The summed E-state index contributed by atoms with van der Waals surface area (Å²) < 4.78 is 13.6. The Kier molecular flexibility index (Phi) is 4.17. The fourth-order valence-corrected chi connectivity index (χ4v) is 3.86. The van der Waals surface area contributed by atoms with Crippen molar-refractivity contribution in [2.45, 2.75) is 12.6 Å². The summed E-state index contributed by atoms with van der Waals surface area (Å²) in [5.41, 5.74) is 4.71. The third-order valence-electron chi connectivity index (χ3n) is 5.17. The summed E-state index contributed by atoms with van der Waals surface area (Å²) in [6, 6.07) is 19.4. The molecular formula is C23H17FN4O. The van der Waals surface area contributed by atoms with E-state index in [9.17, 15) is 9.18 Å². The molecular weight excluding hydrogens is 367 g/mol. The topological polar surface area (TPSA) is 61.9 Å². The summed E-state index contributed by atoms with van der Waals surface area (Å²) in [6.07, 6.45) is 3.45. The molecule has 5 rings (SSSR count). The van der Waals surface area contributed by atoms with E-state index in [-0.39, 0.29) is 17.8 Å². The van der Waals surface area contributed by atoms with Gasteiger partial charge in [0.25, 0.3) is 5.91 Å². The lowest BCUT2D eigenvalue weighted by atomic mass is 9.96. The number of rotatable bonds is 4. The summed E-state index contributed by atoms with van der Waals surface area (Å²) in [5, 5.41) is 7.36. The predicted molar refractivity (Wildman–Crippen MR) is 106 cm³/mol. The van der Waals surface area contributed by atoms with Crippen LogP contribution >= 0.6 is 0 Å². The number of benzene rings is 2.